The number of nitrogens with one attached hydrogen (secondary N) is 2. The van der Waals surface area contributed by atoms with Crippen molar-refractivity contribution in [3.8, 4) is 0 Å². The Hall–Kier alpha value is -3.28. The van der Waals surface area contributed by atoms with Gasteiger partial charge in [0.25, 0.3) is 0 Å². The van der Waals surface area contributed by atoms with Crippen molar-refractivity contribution in [1.82, 2.24) is 20.8 Å². The first-order valence-electron chi connectivity index (χ1n) is 14.5. The zero-order valence-electron chi connectivity index (χ0n) is 23.8. The van der Waals surface area contributed by atoms with Crippen LogP contribution in [-0.2, 0) is 35.4 Å². The Bertz CT molecular complexity index is 1330. The Morgan fingerprint density at radius 2 is 1.79 bits per heavy atom. The van der Waals surface area contributed by atoms with Crippen LogP contribution in [0.15, 0.2) is 42.5 Å². The summed E-state index contributed by atoms with van der Waals surface area (Å²) in [6, 6.07) is 10.3. The molecule has 1 unspecified atom stereocenters. The summed E-state index contributed by atoms with van der Waals surface area (Å²) in [6.07, 6.45) is 5.00. The van der Waals surface area contributed by atoms with Gasteiger partial charge < -0.3 is 21.5 Å². The second kappa shape index (κ2) is 15.3. The largest absolute Gasteiger partial charge is 0.390 e. The average Bonchev–Trinajstić information content (AvgIpc) is 3.63. The first-order valence-corrected chi connectivity index (χ1v) is 15.3. The Morgan fingerprint density at radius 3 is 2.48 bits per heavy atom. The second-order valence-electron chi connectivity index (χ2n) is 11.1. The third-order valence-electron chi connectivity index (χ3n) is 7.72. The molecule has 1 aliphatic carbocycles. The number of aliphatic hydroxyl groups excluding tert-OH is 1. The molecular formula is C31H39F2N5O3S. The van der Waals surface area contributed by atoms with Gasteiger partial charge in [-0.3, -0.25) is 9.59 Å². The number of carbonyl (C=O) groups is 2. The van der Waals surface area contributed by atoms with Crippen molar-refractivity contribution in [2.75, 3.05) is 6.54 Å². The lowest BCUT2D eigenvalue weighted by atomic mass is 9.99. The maximum Gasteiger partial charge on any atom is 0.228 e. The molecule has 1 saturated carbocycles. The highest BCUT2D eigenvalue weighted by Crippen LogP contribution is 2.31. The van der Waals surface area contributed by atoms with Gasteiger partial charge in [-0.25, -0.2) is 8.78 Å². The number of amides is 2. The van der Waals surface area contributed by atoms with Gasteiger partial charge in [-0.15, -0.1) is 21.5 Å². The quantitative estimate of drug-likeness (QED) is 0.209. The minimum Gasteiger partial charge on any atom is -0.390 e. The van der Waals surface area contributed by atoms with Gasteiger partial charge in [0.2, 0.25) is 11.8 Å². The molecule has 2 amide bonds. The fraction of sp³-hybridized carbons (Fsp3) is 0.484. The highest BCUT2D eigenvalue weighted by molar-refractivity contribution is 7.11. The normalized spacial score (nSPS) is 15.8. The monoisotopic (exact) mass is 599 g/mol. The van der Waals surface area contributed by atoms with Crippen LogP contribution in [0.25, 0.3) is 0 Å². The van der Waals surface area contributed by atoms with Crippen molar-refractivity contribution in [2.45, 2.75) is 82.9 Å². The smallest absolute Gasteiger partial charge is 0.228 e. The number of benzene rings is 2. The Kier molecular flexibility index (Phi) is 11.5. The molecule has 0 radical (unpaired) electrons. The van der Waals surface area contributed by atoms with Crippen LogP contribution in [0.3, 0.4) is 0 Å². The van der Waals surface area contributed by atoms with Gasteiger partial charge in [-0.05, 0) is 47.6 Å². The van der Waals surface area contributed by atoms with Gasteiger partial charge in [-0.2, -0.15) is 0 Å². The molecule has 1 fully saturated rings. The summed E-state index contributed by atoms with van der Waals surface area (Å²) in [5.74, 6) is -3.17. The van der Waals surface area contributed by atoms with Gasteiger partial charge in [0.05, 0.1) is 12.1 Å². The Morgan fingerprint density at radius 1 is 1.07 bits per heavy atom. The lowest BCUT2D eigenvalue weighted by molar-refractivity contribution is -0.127. The third-order valence-corrected chi connectivity index (χ3v) is 8.78. The van der Waals surface area contributed by atoms with E-state index >= 15 is 0 Å². The SMILES string of the molecule is CCc1cccc(CNC[C@@H](O)[C@H](Cc2cc(F)cc(F)c2)NC(=O)CC(C(N)=O)c2nnc(CC3CCCC3)s2)c1. The van der Waals surface area contributed by atoms with E-state index in [0.717, 1.165) is 54.5 Å². The minimum atomic E-state index is -1.10. The Labute approximate surface area is 249 Å². The Balaban J connectivity index is 1.42. The van der Waals surface area contributed by atoms with E-state index in [1.165, 1.54) is 29.7 Å². The van der Waals surface area contributed by atoms with Crippen LogP contribution in [0, 0.1) is 17.6 Å². The maximum absolute atomic E-state index is 13.9. The van der Waals surface area contributed by atoms with Crippen LogP contribution < -0.4 is 16.4 Å². The predicted molar refractivity (Wildman–Crippen MR) is 158 cm³/mol. The summed E-state index contributed by atoms with van der Waals surface area (Å²) < 4.78 is 27.8. The van der Waals surface area contributed by atoms with Crippen molar-refractivity contribution >= 4 is 23.2 Å². The van der Waals surface area contributed by atoms with Gasteiger partial charge in [-0.1, -0.05) is 56.9 Å². The minimum absolute atomic E-state index is 0.0276. The molecule has 3 atom stereocenters. The van der Waals surface area contributed by atoms with Crippen molar-refractivity contribution in [3.63, 3.8) is 0 Å². The van der Waals surface area contributed by atoms with Crippen LogP contribution in [0.1, 0.15) is 71.7 Å². The third kappa shape index (κ3) is 9.37. The molecular weight excluding hydrogens is 560 g/mol. The van der Waals surface area contributed by atoms with Crippen molar-refractivity contribution in [2.24, 2.45) is 11.7 Å². The van der Waals surface area contributed by atoms with Gasteiger partial charge >= 0.3 is 0 Å². The number of hydrogen-bond acceptors (Lipinski definition) is 7. The van der Waals surface area contributed by atoms with Crippen molar-refractivity contribution in [1.29, 1.82) is 0 Å². The number of rotatable bonds is 15. The fourth-order valence-corrected chi connectivity index (χ4v) is 6.51. The zero-order chi connectivity index (χ0) is 30.1. The first kappa shape index (κ1) is 31.7. The van der Waals surface area contributed by atoms with E-state index in [2.05, 4.69) is 33.8 Å². The van der Waals surface area contributed by atoms with E-state index < -0.39 is 41.5 Å². The topological polar surface area (TPSA) is 130 Å². The molecule has 4 rings (SSSR count). The van der Waals surface area contributed by atoms with E-state index in [0.29, 0.717) is 17.5 Å². The molecule has 226 valence electrons. The number of nitrogens with zero attached hydrogens (tertiary/aromatic N) is 2. The van der Waals surface area contributed by atoms with Gasteiger partial charge in [0.1, 0.15) is 27.6 Å². The summed E-state index contributed by atoms with van der Waals surface area (Å²) in [7, 11) is 0. The van der Waals surface area contributed by atoms with Crippen LogP contribution in [-0.4, -0.2) is 45.8 Å². The number of carbonyl (C=O) groups excluding carboxylic acids is 2. The summed E-state index contributed by atoms with van der Waals surface area (Å²) in [6.45, 7) is 2.67. The molecule has 1 aromatic heterocycles. The van der Waals surface area contributed by atoms with Crippen LogP contribution in [0.5, 0.6) is 0 Å². The molecule has 5 N–H and O–H groups in total. The number of aliphatic hydroxyl groups is 1. The fourth-order valence-electron chi connectivity index (χ4n) is 5.44. The lowest BCUT2D eigenvalue weighted by Gasteiger charge is -2.25. The van der Waals surface area contributed by atoms with Gasteiger partial charge in [0, 0.05) is 32.0 Å². The summed E-state index contributed by atoms with van der Waals surface area (Å²) in [5.41, 5.74) is 8.17. The summed E-state index contributed by atoms with van der Waals surface area (Å²) in [4.78, 5) is 25.5. The highest BCUT2D eigenvalue weighted by Gasteiger charge is 2.29. The van der Waals surface area contributed by atoms with E-state index in [-0.39, 0.29) is 24.9 Å². The van der Waals surface area contributed by atoms with Crippen LogP contribution in [0.4, 0.5) is 8.78 Å². The number of aromatic nitrogens is 2. The predicted octanol–water partition coefficient (Wildman–Crippen LogP) is 3.95. The van der Waals surface area contributed by atoms with E-state index in [4.69, 9.17) is 5.73 Å². The number of hydrogen-bond donors (Lipinski definition) is 4. The maximum atomic E-state index is 13.9. The molecule has 0 aliphatic heterocycles. The highest BCUT2D eigenvalue weighted by atomic mass is 32.1. The van der Waals surface area contributed by atoms with Crippen molar-refractivity contribution in [3.05, 3.63) is 80.8 Å². The van der Waals surface area contributed by atoms with E-state index in [1.54, 1.807) is 0 Å². The van der Waals surface area contributed by atoms with E-state index in [9.17, 15) is 23.5 Å². The molecule has 11 heteroatoms. The summed E-state index contributed by atoms with van der Waals surface area (Å²) in [5, 5.41) is 26.6. The second-order valence-corrected chi connectivity index (χ2v) is 12.2. The number of halogens is 2. The van der Waals surface area contributed by atoms with Crippen molar-refractivity contribution < 1.29 is 23.5 Å². The molecule has 8 nitrogen and oxygen atoms in total. The molecule has 0 saturated heterocycles. The first-order chi connectivity index (χ1) is 20.2. The summed E-state index contributed by atoms with van der Waals surface area (Å²) >= 11 is 1.29. The number of nitrogens with two attached hydrogens (primary N) is 1. The standard InChI is InChI=1S/C31H39F2N5O3S/c1-2-19-8-5-9-21(10-19)17-35-18-27(39)26(13-22-11-23(32)15-24(33)12-22)36-28(40)16-25(30(34)41)31-38-37-29(42-31)14-20-6-3-4-7-20/h5,8-12,15,20,25-27,35,39H,2-4,6-7,13-14,16-18H2,1H3,(H2,34,41)(H,36,40)/t25?,26-,27+/m0/s1. The van der Waals surface area contributed by atoms with Gasteiger partial charge in [0.15, 0.2) is 0 Å². The van der Waals surface area contributed by atoms with Crippen LogP contribution in [0.2, 0.25) is 0 Å². The van der Waals surface area contributed by atoms with Crippen LogP contribution >= 0.6 is 11.3 Å². The molecule has 2 aromatic carbocycles. The molecule has 1 aliphatic rings. The average molecular weight is 600 g/mol. The van der Waals surface area contributed by atoms with E-state index in [1.807, 2.05) is 18.2 Å². The molecule has 0 bridgehead atoms. The number of aryl methyl sites for hydroxylation is 1. The molecule has 0 spiro atoms. The molecule has 1 heterocycles. The number of primary amides is 1. The zero-order valence-corrected chi connectivity index (χ0v) is 24.6. The molecule has 3 aromatic rings. The lowest BCUT2D eigenvalue weighted by Crippen LogP contribution is -2.49. The molecule has 42 heavy (non-hydrogen) atoms.